The van der Waals surface area contributed by atoms with E-state index in [9.17, 15) is 9.90 Å². The number of pyridine rings is 1. The molecule has 1 atom stereocenters. The summed E-state index contributed by atoms with van der Waals surface area (Å²) < 4.78 is 0. The van der Waals surface area contributed by atoms with Crippen LogP contribution < -0.4 is 5.32 Å². The van der Waals surface area contributed by atoms with Crippen LogP contribution in [0.4, 0.5) is 5.82 Å². The minimum atomic E-state index is -0.834. The first kappa shape index (κ1) is 14.1. The number of fused-ring (bicyclic) bond motifs is 1. The van der Waals surface area contributed by atoms with Crippen molar-refractivity contribution in [3.05, 3.63) is 30.5 Å². The zero-order valence-corrected chi connectivity index (χ0v) is 11.3. The molecule has 0 aliphatic carbocycles. The van der Waals surface area contributed by atoms with Crippen molar-refractivity contribution in [1.29, 1.82) is 0 Å². The highest BCUT2D eigenvalue weighted by Gasteiger charge is 2.14. The fourth-order valence-electron chi connectivity index (χ4n) is 2.25. The molecular formula is C15H18N2O3. The number of nitrogens with one attached hydrogen (secondary N) is 1. The molecule has 1 unspecified atom stereocenters. The molecule has 106 valence electrons. The van der Waals surface area contributed by atoms with Gasteiger partial charge in [0.1, 0.15) is 11.6 Å². The molecule has 2 aromatic rings. The second-order valence-electron chi connectivity index (χ2n) is 4.79. The molecule has 0 spiro atoms. The van der Waals surface area contributed by atoms with Crippen molar-refractivity contribution in [3.8, 4) is 5.75 Å². The third-order valence-corrected chi connectivity index (χ3v) is 3.15. The van der Waals surface area contributed by atoms with E-state index in [2.05, 4.69) is 10.3 Å². The predicted octanol–water partition coefficient (Wildman–Crippen LogP) is 3.00. The summed E-state index contributed by atoms with van der Waals surface area (Å²) in [5.41, 5.74) is 0. The number of phenolic OH excluding ortho intramolecular Hbond substituents is 1. The lowest BCUT2D eigenvalue weighted by Gasteiger charge is -2.18. The monoisotopic (exact) mass is 274 g/mol. The van der Waals surface area contributed by atoms with Gasteiger partial charge in [-0.1, -0.05) is 19.4 Å². The third kappa shape index (κ3) is 3.38. The van der Waals surface area contributed by atoms with Crippen molar-refractivity contribution in [2.75, 3.05) is 5.32 Å². The first-order valence-corrected chi connectivity index (χ1v) is 6.66. The van der Waals surface area contributed by atoms with Gasteiger partial charge in [0.25, 0.3) is 0 Å². The van der Waals surface area contributed by atoms with Crippen LogP contribution in [0.15, 0.2) is 30.5 Å². The summed E-state index contributed by atoms with van der Waals surface area (Å²) in [6.07, 6.45) is 3.36. The summed E-state index contributed by atoms with van der Waals surface area (Å²) in [4.78, 5) is 15.2. The number of hydrogen-bond donors (Lipinski definition) is 3. The van der Waals surface area contributed by atoms with Crippen LogP contribution in [0.1, 0.15) is 26.2 Å². The number of rotatable bonds is 6. The Kier molecular flexibility index (Phi) is 4.40. The lowest BCUT2D eigenvalue weighted by atomic mass is 10.1. The Hall–Kier alpha value is -2.30. The number of carboxylic acid groups (broad SMARTS) is 1. The number of aromatic nitrogens is 1. The minimum absolute atomic E-state index is 0.0464. The molecule has 0 bridgehead atoms. The number of hydrogen-bond acceptors (Lipinski definition) is 4. The van der Waals surface area contributed by atoms with Gasteiger partial charge in [0, 0.05) is 17.6 Å². The van der Waals surface area contributed by atoms with Gasteiger partial charge in [-0.3, -0.25) is 4.79 Å². The molecule has 20 heavy (non-hydrogen) atoms. The highest BCUT2D eigenvalue weighted by Crippen LogP contribution is 2.26. The molecule has 1 aromatic heterocycles. The summed E-state index contributed by atoms with van der Waals surface area (Å²) in [6.45, 7) is 2.01. The van der Waals surface area contributed by atoms with Crippen LogP contribution in [0.3, 0.4) is 0 Å². The van der Waals surface area contributed by atoms with Crippen LogP contribution in [-0.4, -0.2) is 27.2 Å². The molecule has 5 heteroatoms. The maximum Gasteiger partial charge on any atom is 0.305 e. The van der Waals surface area contributed by atoms with E-state index < -0.39 is 5.97 Å². The van der Waals surface area contributed by atoms with E-state index >= 15 is 0 Å². The van der Waals surface area contributed by atoms with E-state index in [1.165, 1.54) is 0 Å². The largest absolute Gasteiger partial charge is 0.508 e. The second-order valence-corrected chi connectivity index (χ2v) is 4.79. The van der Waals surface area contributed by atoms with Gasteiger partial charge in [-0.05, 0) is 30.0 Å². The average molecular weight is 274 g/mol. The maximum absolute atomic E-state index is 10.9. The van der Waals surface area contributed by atoms with Crippen molar-refractivity contribution in [2.24, 2.45) is 0 Å². The summed E-state index contributed by atoms with van der Waals surface area (Å²) in [7, 11) is 0. The Bertz CT molecular complexity index is 613. The molecule has 1 aromatic carbocycles. The molecule has 1 heterocycles. The van der Waals surface area contributed by atoms with Gasteiger partial charge in [-0.15, -0.1) is 0 Å². The second kappa shape index (κ2) is 6.23. The van der Waals surface area contributed by atoms with Gasteiger partial charge in [-0.25, -0.2) is 4.98 Å². The Labute approximate surface area is 117 Å². The molecule has 3 N–H and O–H groups in total. The summed E-state index contributed by atoms with van der Waals surface area (Å²) in [5.74, 6) is -0.0593. The average Bonchev–Trinajstić information content (AvgIpc) is 2.39. The number of carboxylic acids is 1. The number of phenols is 1. The van der Waals surface area contributed by atoms with Gasteiger partial charge < -0.3 is 15.5 Å². The van der Waals surface area contributed by atoms with E-state index in [-0.39, 0.29) is 18.2 Å². The van der Waals surface area contributed by atoms with Gasteiger partial charge in [0.05, 0.1) is 6.42 Å². The topological polar surface area (TPSA) is 82.5 Å². The minimum Gasteiger partial charge on any atom is -0.508 e. The van der Waals surface area contributed by atoms with Crippen LogP contribution >= 0.6 is 0 Å². The number of anilines is 1. The number of benzene rings is 1. The van der Waals surface area contributed by atoms with Gasteiger partial charge >= 0.3 is 5.97 Å². The molecule has 0 saturated carbocycles. The van der Waals surface area contributed by atoms with Crippen molar-refractivity contribution < 1.29 is 15.0 Å². The number of nitrogens with zero attached hydrogens (tertiary/aromatic N) is 1. The predicted molar refractivity (Wildman–Crippen MR) is 78.0 cm³/mol. The van der Waals surface area contributed by atoms with Crippen LogP contribution in [0.25, 0.3) is 10.8 Å². The van der Waals surface area contributed by atoms with Crippen LogP contribution in [0.2, 0.25) is 0 Å². The Morgan fingerprint density at radius 3 is 2.90 bits per heavy atom. The maximum atomic E-state index is 10.9. The normalized spacial score (nSPS) is 12.2. The number of aliphatic carboxylic acids is 1. The Morgan fingerprint density at radius 1 is 1.40 bits per heavy atom. The zero-order valence-electron chi connectivity index (χ0n) is 11.3. The molecule has 0 amide bonds. The van der Waals surface area contributed by atoms with E-state index in [1.54, 1.807) is 18.3 Å². The molecule has 0 aliphatic rings. The SMILES string of the molecule is CCCC(CC(=O)O)Nc1nccc2ccc(O)cc12. The van der Waals surface area contributed by atoms with Gasteiger partial charge in [0.2, 0.25) is 0 Å². The van der Waals surface area contributed by atoms with Crippen molar-refractivity contribution in [2.45, 2.75) is 32.2 Å². The third-order valence-electron chi connectivity index (χ3n) is 3.15. The Balaban J connectivity index is 2.31. The highest BCUT2D eigenvalue weighted by atomic mass is 16.4. The summed E-state index contributed by atoms with van der Waals surface area (Å²) in [5, 5.41) is 23.5. The first-order valence-electron chi connectivity index (χ1n) is 6.66. The Morgan fingerprint density at radius 2 is 2.20 bits per heavy atom. The summed E-state index contributed by atoms with van der Waals surface area (Å²) >= 11 is 0. The molecule has 0 aliphatic heterocycles. The zero-order chi connectivity index (χ0) is 14.5. The van der Waals surface area contributed by atoms with E-state index in [0.717, 1.165) is 23.6 Å². The van der Waals surface area contributed by atoms with Crippen LogP contribution in [0, 0.1) is 0 Å². The van der Waals surface area contributed by atoms with Gasteiger partial charge in [-0.2, -0.15) is 0 Å². The molecule has 5 nitrogen and oxygen atoms in total. The molecular weight excluding hydrogens is 256 g/mol. The fraction of sp³-hybridized carbons (Fsp3) is 0.333. The quantitative estimate of drug-likeness (QED) is 0.754. The first-order chi connectivity index (χ1) is 9.60. The van der Waals surface area contributed by atoms with E-state index in [1.807, 2.05) is 19.1 Å². The molecule has 0 radical (unpaired) electrons. The van der Waals surface area contributed by atoms with Crippen LogP contribution in [-0.2, 0) is 4.79 Å². The molecule has 0 fully saturated rings. The lowest BCUT2D eigenvalue weighted by molar-refractivity contribution is -0.137. The van der Waals surface area contributed by atoms with Gasteiger partial charge in [0.15, 0.2) is 0 Å². The smallest absolute Gasteiger partial charge is 0.305 e. The van der Waals surface area contributed by atoms with Crippen molar-refractivity contribution >= 4 is 22.6 Å². The molecule has 0 saturated heterocycles. The lowest BCUT2D eigenvalue weighted by Crippen LogP contribution is -2.23. The van der Waals surface area contributed by atoms with Crippen LogP contribution in [0.5, 0.6) is 5.75 Å². The van der Waals surface area contributed by atoms with Crippen molar-refractivity contribution in [1.82, 2.24) is 4.98 Å². The fourth-order valence-corrected chi connectivity index (χ4v) is 2.25. The number of aromatic hydroxyl groups is 1. The number of carbonyl (C=O) groups is 1. The van der Waals surface area contributed by atoms with E-state index in [4.69, 9.17) is 5.11 Å². The standard InChI is InChI=1S/C15H18N2O3/c1-2-3-11(8-14(19)20)17-15-13-9-12(18)5-4-10(13)6-7-16-15/h4-7,9,11,18H,2-3,8H2,1H3,(H,16,17)(H,19,20). The highest BCUT2D eigenvalue weighted by molar-refractivity contribution is 5.92. The van der Waals surface area contributed by atoms with Crippen molar-refractivity contribution in [3.63, 3.8) is 0 Å². The summed E-state index contributed by atoms with van der Waals surface area (Å²) in [6, 6.07) is 6.74. The van der Waals surface area contributed by atoms with E-state index in [0.29, 0.717) is 5.82 Å². The molecule has 2 rings (SSSR count).